The third-order valence-corrected chi connectivity index (χ3v) is 6.32. The van der Waals surface area contributed by atoms with Crippen LogP contribution in [0.1, 0.15) is 43.4 Å². The number of aryl methyl sites for hydroxylation is 1. The minimum Gasteiger partial charge on any atom is -0.496 e. The van der Waals surface area contributed by atoms with Gasteiger partial charge in [0.2, 0.25) is 0 Å². The third kappa shape index (κ3) is 3.36. The second-order valence-electron chi connectivity index (χ2n) is 8.09. The minimum atomic E-state index is 0.239. The first-order valence-corrected chi connectivity index (χ1v) is 11.2. The zero-order valence-corrected chi connectivity index (χ0v) is 19.6. The van der Waals surface area contributed by atoms with Gasteiger partial charge in [-0.05, 0) is 61.2 Å². The molecule has 5 rings (SSSR count). The van der Waals surface area contributed by atoms with Crippen molar-refractivity contribution in [2.45, 2.75) is 45.8 Å². The molecule has 0 atom stereocenters. The molecular weight excluding hydrogens is 460 g/mol. The number of fused-ring (bicyclic) bond motifs is 4. The molecule has 4 aromatic rings. The number of hydrogen-bond donors (Lipinski definition) is 2. The van der Waals surface area contributed by atoms with E-state index in [1.165, 1.54) is 11.3 Å². The summed E-state index contributed by atoms with van der Waals surface area (Å²) in [6, 6.07) is 4.25. The number of nitrogens with one attached hydrogen (secondary N) is 2. The maximum atomic E-state index is 5.53. The average molecular weight is 485 g/mol. The zero-order chi connectivity index (χ0) is 21.7. The van der Waals surface area contributed by atoms with E-state index in [9.17, 15) is 0 Å². The molecule has 3 heterocycles. The molecule has 1 aromatic carbocycles. The summed E-state index contributed by atoms with van der Waals surface area (Å²) >= 11 is 3.57. The van der Waals surface area contributed by atoms with E-state index in [0.717, 1.165) is 63.1 Å². The van der Waals surface area contributed by atoms with Gasteiger partial charge < -0.3 is 19.8 Å². The maximum Gasteiger partial charge on any atom is 0.158 e. The molecule has 1 aliphatic rings. The van der Waals surface area contributed by atoms with Crippen LogP contribution in [0.2, 0.25) is 0 Å². The van der Waals surface area contributed by atoms with Gasteiger partial charge in [-0.15, -0.1) is 0 Å². The van der Waals surface area contributed by atoms with Gasteiger partial charge in [-0.25, -0.2) is 14.6 Å². The van der Waals surface area contributed by atoms with E-state index in [2.05, 4.69) is 44.8 Å². The third-order valence-electron chi connectivity index (χ3n) is 5.70. The van der Waals surface area contributed by atoms with Gasteiger partial charge in [-0.1, -0.05) is 0 Å². The van der Waals surface area contributed by atoms with Crippen molar-refractivity contribution in [2.75, 3.05) is 19.5 Å². The minimum absolute atomic E-state index is 0.239. The van der Waals surface area contributed by atoms with Crippen molar-refractivity contribution < 1.29 is 9.47 Å². The Morgan fingerprint density at radius 1 is 1.23 bits per heavy atom. The number of methoxy groups -OCH3 is 2. The summed E-state index contributed by atoms with van der Waals surface area (Å²) in [5.74, 6) is 3.13. The quantitative estimate of drug-likeness (QED) is 0.398. The van der Waals surface area contributed by atoms with Crippen LogP contribution in [-0.4, -0.2) is 39.0 Å². The largest absolute Gasteiger partial charge is 0.496 e. The lowest BCUT2D eigenvalue weighted by molar-refractivity contribution is 0.178. The molecule has 0 saturated heterocycles. The van der Waals surface area contributed by atoms with Gasteiger partial charge >= 0.3 is 0 Å². The summed E-state index contributed by atoms with van der Waals surface area (Å²) in [6.45, 7) is 4.62. The fourth-order valence-electron chi connectivity index (χ4n) is 4.31. The molecule has 0 radical (unpaired) electrons. The van der Waals surface area contributed by atoms with Crippen LogP contribution in [0, 0.1) is 0 Å². The Balaban J connectivity index is 1.75. The SMILES string of the molecule is COCc1nc(Nc2c3c(nn2C(C)C)CCC3)c2c(n1)[nH]c1cc(Br)c(OC)cc12. The zero-order valence-electron chi connectivity index (χ0n) is 18.0. The highest BCUT2D eigenvalue weighted by molar-refractivity contribution is 9.10. The molecule has 0 spiro atoms. The molecule has 8 nitrogen and oxygen atoms in total. The summed E-state index contributed by atoms with van der Waals surface area (Å²) in [7, 11) is 3.31. The summed E-state index contributed by atoms with van der Waals surface area (Å²) in [6.07, 6.45) is 3.19. The second kappa shape index (κ2) is 7.80. The van der Waals surface area contributed by atoms with E-state index >= 15 is 0 Å². The van der Waals surface area contributed by atoms with Crippen molar-refractivity contribution in [3.8, 4) is 5.75 Å². The molecule has 0 amide bonds. The van der Waals surface area contributed by atoms with Crippen LogP contribution in [0.5, 0.6) is 5.75 Å². The molecule has 31 heavy (non-hydrogen) atoms. The van der Waals surface area contributed by atoms with Crippen LogP contribution in [0.15, 0.2) is 16.6 Å². The summed E-state index contributed by atoms with van der Waals surface area (Å²) in [4.78, 5) is 13.0. The fraction of sp³-hybridized carbons (Fsp3) is 0.409. The molecule has 162 valence electrons. The lowest BCUT2D eigenvalue weighted by Gasteiger charge is -2.15. The van der Waals surface area contributed by atoms with Gasteiger partial charge in [0.1, 0.15) is 29.6 Å². The van der Waals surface area contributed by atoms with Crippen molar-refractivity contribution >= 4 is 49.5 Å². The van der Waals surface area contributed by atoms with Gasteiger partial charge in [0.05, 0.1) is 22.7 Å². The number of hydrogen-bond acceptors (Lipinski definition) is 6. The normalized spacial score (nSPS) is 13.5. The monoisotopic (exact) mass is 484 g/mol. The molecule has 1 aliphatic carbocycles. The Morgan fingerprint density at radius 2 is 2.06 bits per heavy atom. The van der Waals surface area contributed by atoms with Crippen molar-refractivity contribution in [1.82, 2.24) is 24.7 Å². The number of H-pyrrole nitrogens is 1. The van der Waals surface area contributed by atoms with Gasteiger partial charge in [0.25, 0.3) is 0 Å². The van der Waals surface area contributed by atoms with Gasteiger partial charge in [0.15, 0.2) is 5.82 Å². The first-order chi connectivity index (χ1) is 15.0. The van der Waals surface area contributed by atoms with Crippen LogP contribution in [-0.2, 0) is 24.2 Å². The Kier molecular flexibility index (Phi) is 5.10. The molecule has 2 N–H and O–H groups in total. The molecule has 0 bridgehead atoms. The number of benzene rings is 1. The van der Waals surface area contributed by atoms with Crippen molar-refractivity contribution in [3.63, 3.8) is 0 Å². The van der Waals surface area contributed by atoms with Crippen LogP contribution < -0.4 is 10.1 Å². The van der Waals surface area contributed by atoms with Crippen molar-refractivity contribution in [1.29, 1.82) is 0 Å². The number of anilines is 2. The van der Waals surface area contributed by atoms with E-state index < -0.39 is 0 Å². The predicted octanol–water partition coefficient (Wildman–Crippen LogP) is 5.04. The Bertz CT molecular complexity index is 1290. The van der Waals surface area contributed by atoms with E-state index in [-0.39, 0.29) is 6.04 Å². The lowest BCUT2D eigenvalue weighted by Crippen LogP contribution is -2.10. The fourth-order valence-corrected chi connectivity index (χ4v) is 4.82. The lowest BCUT2D eigenvalue weighted by atomic mass is 10.2. The standard InChI is InChI=1S/C22H25BrN6O2/c1-11(2)29-22(12-6-5-7-15(12)28-29)27-21-19-13-8-17(31-4)14(23)9-16(13)24-20(19)25-18(26-21)10-30-3/h8-9,11H,5-7,10H2,1-4H3,(H2,24,25,26,27). The smallest absolute Gasteiger partial charge is 0.158 e. The van der Waals surface area contributed by atoms with Crippen molar-refractivity contribution in [2.24, 2.45) is 0 Å². The number of aromatic nitrogens is 5. The maximum absolute atomic E-state index is 5.53. The summed E-state index contributed by atoms with van der Waals surface area (Å²) in [5.41, 5.74) is 4.18. The van der Waals surface area contributed by atoms with Crippen molar-refractivity contribution in [3.05, 3.63) is 33.7 Å². The number of ether oxygens (including phenoxy) is 2. The average Bonchev–Trinajstić information content (AvgIpc) is 3.41. The number of rotatable bonds is 6. The molecule has 3 aromatic heterocycles. The summed E-state index contributed by atoms with van der Waals surface area (Å²) in [5, 5.41) is 10.4. The Labute approximate surface area is 188 Å². The predicted molar refractivity (Wildman–Crippen MR) is 124 cm³/mol. The first kappa shape index (κ1) is 20.3. The number of aromatic amines is 1. The van der Waals surface area contributed by atoms with E-state index in [1.807, 2.05) is 12.1 Å². The van der Waals surface area contributed by atoms with Crippen LogP contribution in [0.3, 0.4) is 0 Å². The Morgan fingerprint density at radius 3 is 2.81 bits per heavy atom. The number of halogens is 1. The first-order valence-electron chi connectivity index (χ1n) is 10.4. The molecule has 0 unspecified atom stereocenters. The van der Waals surface area contributed by atoms with Crippen LogP contribution in [0.4, 0.5) is 11.6 Å². The topological polar surface area (TPSA) is 89.9 Å². The number of nitrogens with zero attached hydrogens (tertiary/aromatic N) is 4. The molecule has 9 heteroatoms. The molecule has 0 aliphatic heterocycles. The molecular formula is C22H25BrN6O2. The van der Waals surface area contributed by atoms with Crippen LogP contribution in [0.25, 0.3) is 21.9 Å². The van der Waals surface area contributed by atoms with Gasteiger partial charge in [0, 0.05) is 29.6 Å². The highest BCUT2D eigenvalue weighted by Crippen LogP contribution is 2.39. The second-order valence-corrected chi connectivity index (χ2v) is 8.95. The van der Waals surface area contributed by atoms with E-state index in [1.54, 1.807) is 14.2 Å². The van der Waals surface area contributed by atoms with Crippen LogP contribution >= 0.6 is 15.9 Å². The highest BCUT2D eigenvalue weighted by atomic mass is 79.9. The Hall–Kier alpha value is -2.65. The highest BCUT2D eigenvalue weighted by Gasteiger charge is 2.25. The summed E-state index contributed by atoms with van der Waals surface area (Å²) < 4.78 is 13.8. The van der Waals surface area contributed by atoms with E-state index in [0.29, 0.717) is 12.4 Å². The molecule has 0 saturated carbocycles. The van der Waals surface area contributed by atoms with Gasteiger partial charge in [-0.2, -0.15) is 5.10 Å². The van der Waals surface area contributed by atoms with Gasteiger partial charge in [-0.3, -0.25) is 0 Å². The van der Waals surface area contributed by atoms with E-state index in [4.69, 9.17) is 24.5 Å². The molecule has 0 fully saturated rings.